The number of fused-ring (bicyclic) bond motifs is 2. The Labute approximate surface area is 183 Å². The van der Waals surface area contributed by atoms with Gasteiger partial charge in [-0.25, -0.2) is 0 Å². The normalized spacial score (nSPS) is 31.0. The number of amides is 1. The maximum Gasteiger partial charge on any atom is 0.225 e. The van der Waals surface area contributed by atoms with Crippen LogP contribution in [0.15, 0.2) is 12.1 Å². The molecule has 1 aromatic heterocycles. The second-order valence-corrected chi connectivity index (χ2v) is 9.80. The van der Waals surface area contributed by atoms with E-state index < -0.39 is 0 Å². The molecule has 3 aliphatic rings. The third-order valence-electron chi connectivity index (χ3n) is 6.45. The van der Waals surface area contributed by atoms with Gasteiger partial charge >= 0.3 is 0 Å². The average molecular weight is 455 g/mol. The minimum Gasteiger partial charge on any atom is -0.340 e. The Kier molecular flexibility index (Phi) is 8.72. The Balaban J connectivity index is 0.00000131. The molecule has 2 atom stereocenters. The zero-order valence-corrected chi connectivity index (χ0v) is 18.7. The number of piperazine rings is 1. The van der Waals surface area contributed by atoms with Crippen molar-refractivity contribution in [3.05, 3.63) is 21.3 Å². The van der Waals surface area contributed by atoms with Gasteiger partial charge in [-0.2, -0.15) is 0 Å². The van der Waals surface area contributed by atoms with Crippen LogP contribution in [0, 0.1) is 17.8 Å². The summed E-state index contributed by atoms with van der Waals surface area (Å²) >= 11 is 7.67. The Hall–Kier alpha value is -0.0400. The van der Waals surface area contributed by atoms with Gasteiger partial charge in [-0.15, -0.1) is 36.2 Å². The summed E-state index contributed by atoms with van der Waals surface area (Å²) < 4.78 is 0.852. The average Bonchev–Trinajstić information content (AvgIpc) is 2.99. The summed E-state index contributed by atoms with van der Waals surface area (Å²) in [6.45, 7) is 4.58. The van der Waals surface area contributed by atoms with Gasteiger partial charge in [0, 0.05) is 49.6 Å². The molecule has 1 amide bonds. The quantitative estimate of drug-likeness (QED) is 0.750. The Morgan fingerprint density at radius 3 is 2.30 bits per heavy atom. The maximum atomic E-state index is 13.0. The number of hydrogen-bond acceptors (Lipinski definition) is 4. The molecule has 3 fully saturated rings. The van der Waals surface area contributed by atoms with Crippen molar-refractivity contribution in [3.63, 3.8) is 0 Å². The van der Waals surface area contributed by atoms with Crippen molar-refractivity contribution in [2.45, 2.75) is 44.7 Å². The lowest BCUT2D eigenvalue weighted by Crippen LogP contribution is -2.53. The highest BCUT2D eigenvalue weighted by Gasteiger charge is 2.41. The molecule has 2 aliphatic carbocycles. The van der Waals surface area contributed by atoms with Crippen LogP contribution in [-0.4, -0.2) is 47.9 Å². The molecule has 2 unspecified atom stereocenters. The van der Waals surface area contributed by atoms with Crippen LogP contribution in [-0.2, 0) is 11.3 Å². The number of halogens is 3. The van der Waals surface area contributed by atoms with Crippen LogP contribution < -0.4 is 5.73 Å². The molecule has 8 heteroatoms. The Morgan fingerprint density at radius 1 is 1.11 bits per heavy atom. The van der Waals surface area contributed by atoms with Crippen molar-refractivity contribution in [2.75, 3.05) is 26.2 Å². The van der Waals surface area contributed by atoms with Crippen molar-refractivity contribution in [3.8, 4) is 0 Å². The molecule has 2 N–H and O–H groups in total. The SMILES string of the molecule is Cl.Cl.NC1C2CCCC1CC(C(=O)N1CCN(Cc3ccc(Cl)s3)CC1)C2. The predicted molar refractivity (Wildman–Crippen MR) is 117 cm³/mol. The van der Waals surface area contributed by atoms with Crippen LogP contribution in [0.2, 0.25) is 4.34 Å². The van der Waals surface area contributed by atoms with Crippen molar-refractivity contribution in [1.29, 1.82) is 0 Å². The first kappa shape index (κ1) is 23.2. The van der Waals surface area contributed by atoms with E-state index >= 15 is 0 Å². The lowest BCUT2D eigenvalue weighted by molar-refractivity contribution is -0.140. The van der Waals surface area contributed by atoms with Gasteiger partial charge in [0.1, 0.15) is 0 Å². The lowest BCUT2D eigenvalue weighted by Gasteiger charge is -2.45. The van der Waals surface area contributed by atoms with E-state index in [9.17, 15) is 4.79 Å². The molecule has 4 rings (SSSR count). The summed E-state index contributed by atoms with van der Waals surface area (Å²) in [6.07, 6.45) is 5.78. The number of nitrogens with two attached hydrogens (primary N) is 1. The molecule has 1 aliphatic heterocycles. The summed E-state index contributed by atoms with van der Waals surface area (Å²) in [5, 5.41) is 0. The van der Waals surface area contributed by atoms with Crippen LogP contribution in [0.5, 0.6) is 0 Å². The zero-order chi connectivity index (χ0) is 17.4. The van der Waals surface area contributed by atoms with E-state index in [1.54, 1.807) is 11.3 Å². The number of hydrogen-bond donors (Lipinski definition) is 1. The fourth-order valence-corrected chi connectivity index (χ4v) is 6.16. The van der Waals surface area contributed by atoms with Crippen molar-refractivity contribution >= 4 is 53.7 Å². The standard InChI is InChI=1S/C19H28ClN3OS.2ClH/c20-17-5-4-16(25-17)12-22-6-8-23(9-7-22)19(24)15-10-13-2-1-3-14(11-15)18(13)21;;/h4-5,13-15,18H,1-3,6-12,21H2;2*1H. The molecular formula is C19H30Cl3N3OS. The molecule has 2 saturated carbocycles. The minimum atomic E-state index is 0. The third-order valence-corrected chi connectivity index (χ3v) is 7.67. The molecule has 0 radical (unpaired) electrons. The first-order valence-electron chi connectivity index (χ1n) is 9.61. The number of rotatable bonds is 3. The second-order valence-electron chi connectivity index (χ2n) is 8.00. The van der Waals surface area contributed by atoms with Crippen LogP contribution in [0.4, 0.5) is 0 Å². The summed E-state index contributed by atoms with van der Waals surface area (Å²) in [4.78, 5) is 18.8. The van der Waals surface area contributed by atoms with Crippen molar-refractivity contribution in [2.24, 2.45) is 23.5 Å². The highest BCUT2D eigenvalue weighted by Crippen LogP contribution is 2.42. The molecule has 0 spiro atoms. The van der Waals surface area contributed by atoms with Crippen LogP contribution in [0.1, 0.15) is 37.0 Å². The molecular weight excluding hydrogens is 425 g/mol. The van der Waals surface area contributed by atoms with Gasteiger partial charge in [-0.1, -0.05) is 18.0 Å². The van der Waals surface area contributed by atoms with Gasteiger partial charge < -0.3 is 10.6 Å². The topological polar surface area (TPSA) is 49.6 Å². The summed E-state index contributed by atoms with van der Waals surface area (Å²) in [5.74, 6) is 1.76. The number of carbonyl (C=O) groups excluding carboxylic acids is 1. The Bertz CT molecular complexity index is 607. The van der Waals surface area contributed by atoms with Crippen molar-refractivity contribution < 1.29 is 4.79 Å². The highest BCUT2D eigenvalue weighted by atomic mass is 35.5. The Morgan fingerprint density at radius 2 is 1.74 bits per heavy atom. The maximum absolute atomic E-state index is 13.0. The van der Waals surface area contributed by atoms with Crippen LogP contribution in [0.3, 0.4) is 0 Å². The smallest absolute Gasteiger partial charge is 0.225 e. The molecule has 1 saturated heterocycles. The fourth-order valence-electron chi connectivity index (χ4n) is 5.03. The van der Waals surface area contributed by atoms with E-state index in [1.807, 2.05) is 6.07 Å². The predicted octanol–water partition coefficient (Wildman–Crippen LogP) is 4.04. The van der Waals surface area contributed by atoms with Crippen LogP contribution >= 0.6 is 47.8 Å². The van der Waals surface area contributed by atoms with Crippen LogP contribution in [0.25, 0.3) is 0 Å². The zero-order valence-electron chi connectivity index (χ0n) is 15.5. The lowest BCUT2D eigenvalue weighted by atomic mass is 9.65. The molecule has 154 valence electrons. The van der Waals surface area contributed by atoms with Gasteiger partial charge in [-0.3, -0.25) is 9.69 Å². The van der Waals surface area contributed by atoms with E-state index in [2.05, 4.69) is 15.9 Å². The van der Waals surface area contributed by atoms with Gasteiger partial charge in [0.2, 0.25) is 5.91 Å². The van der Waals surface area contributed by atoms with Gasteiger partial charge in [0.05, 0.1) is 4.34 Å². The summed E-state index contributed by atoms with van der Waals surface area (Å²) in [6, 6.07) is 4.41. The van der Waals surface area contributed by atoms with E-state index in [4.69, 9.17) is 17.3 Å². The van der Waals surface area contributed by atoms with E-state index in [1.165, 1.54) is 24.1 Å². The van der Waals surface area contributed by atoms with E-state index in [0.29, 0.717) is 23.8 Å². The van der Waals surface area contributed by atoms with Gasteiger partial charge in [-0.05, 0) is 49.7 Å². The number of carbonyl (C=O) groups is 1. The minimum absolute atomic E-state index is 0. The van der Waals surface area contributed by atoms with Crippen molar-refractivity contribution in [1.82, 2.24) is 9.80 Å². The molecule has 2 heterocycles. The second kappa shape index (κ2) is 10.1. The number of nitrogens with zero attached hydrogens (tertiary/aromatic N) is 2. The first-order valence-corrected chi connectivity index (χ1v) is 10.8. The van der Waals surface area contributed by atoms with E-state index in [0.717, 1.165) is 49.9 Å². The number of thiophene rings is 1. The van der Waals surface area contributed by atoms with E-state index in [-0.39, 0.29) is 30.7 Å². The molecule has 27 heavy (non-hydrogen) atoms. The molecule has 0 aromatic carbocycles. The van der Waals surface area contributed by atoms with Gasteiger partial charge in [0.25, 0.3) is 0 Å². The third kappa shape index (κ3) is 5.31. The molecule has 2 bridgehead atoms. The largest absolute Gasteiger partial charge is 0.340 e. The fraction of sp³-hybridized carbons (Fsp3) is 0.737. The monoisotopic (exact) mass is 453 g/mol. The molecule has 4 nitrogen and oxygen atoms in total. The summed E-state index contributed by atoms with van der Waals surface area (Å²) in [5.41, 5.74) is 6.38. The van der Waals surface area contributed by atoms with Gasteiger partial charge in [0.15, 0.2) is 0 Å². The summed E-state index contributed by atoms with van der Waals surface area (Å²) in [7, 11) is 0. The first-order chi connectivity index (χ1) is 12.1. The highest BCUT2D eigenvalue weighted by molar-refractivity contribution is 7.16. The molecule has 1 aromatic rings.